The molecule has 0 aliphatic carbocycles. The summed E-state index contributed by atoms with van der Waals surface area (Å²) in [7, 11) is -0.638. The van der Waals surface area contributed by atoms with Crippen molar-refractivity contribution in [3.8, 4) is 5.75 Å². The number of methoxy groups -OCH3 is 2. The molecule has 0 unspecified atom stereocenters. The molecule has 0 amide bonds. The fraction of sp³-hybridized carbons (Fsp3) is 0.500. The van der Waals surface area contributed by atoms with Crippen LogP contribution in [0.4, 0.5) is 0 Å². The number of carbonyl (C=O) groups is 2. The Morgan fingerprint density at radius 2 is 1.57 bits per heavy atom. The summed E-state index contributed by atoms with van der Waals surface area (Å²) in [4.78, 5) is 23.6. The van der Waals surface area contributed by atoms with Gasteiger partial charge in [0.05, 0.1) is 39.3 Å². The molecular formula is C28H38O8S. The van der Waals surface area contributed by atoms with E-state index in [4.69, 9.17) is 18.4 Å². The number of hydrogen-bond acceptors (Lipinski definition) is 8. The zero-order valence-electron chi connectivity index (χ0n) is 22.0. The third-order valence-electron chi connectivity index (χ3n) is 5.89. The molecule has 2 aromatic carbocycles. The molecule has 2 aromatic rings. The van der Waals surface area contributed by atoms with Crippen LogP contribution in [0.2, 0.25) is 0 Å². The Morgan fingerprint density at radius 3 is 2.30 bits per heavy atom. The first-order valence-electron chi connectivity index (χ1n) is 12.6. The summed E-state index contributed by atoms with van der Waals surface area (Å²) in [6.45, 7) is 0.705. The molecule has 0 atom stereocenters. The number of hydrogen-bond donors (Lipinski definition) is 0. The lowest BCUT2D eigenvalue weighted by molar-refractivity contribution is -0.140. The van der Waals surface area contributed by atoms with Crippen LogP contribution in [-0.4, -0.2) is 54.0 Å². The van der Waals surface area contributed by atoms with E-state index >= 15 is 0 Å². The smallest absolute Gasteiger partial charge is 0.337 e. The van der Waals surface area contributed by atoms with E-state index in [2.05, 4.69) is 6.07 Å². The standard InChI is InChI=1S/C28H38O8S/c1-33-27(29)18-17-25-23(13-6-4-5-7-20-36-37(3,31)32)14-9-16-26(25)35-19-10-12-22-11-8-15-24(21-22)28(30)34-2/h8-9,11,14-16,21H,4-7,10,12-13,17-20H2,1-3H3. The van der Waals surface area contributed by atoms with E-state index in [1.54, 1.807) is 6.07 Å². The van der Waals surface area contributed by atoms with E-state index in [0.717, 1.165) is 67.2 Å². The SMILES string of the molecule is COC(=O)CCc1c(CCCCCCOS(C)(=O)=O)cccc1OCCCc1cccc(C(=O)OC)c1. The van der Waals surface area contributed by atoms with Gasteiger partial charge in [-0.25, -0.2) is 4.79 Å². The largest absolute Gasteiger partial charge is 0.493 e. The second-order valence-electron chi connectivity index (χ2n) is 8.80. The van der Waals surface area contributed by atoms with Gasteiger partial charge in [0.1, 0.15) is 5.75 Å². The molecule has 0 saturated carbocycles. The first-order chi connectivity index (χ1) is 17.7. The highest BCUT2D eigenvalue weighted by Crippen LogP contribution is 2.26. The Kier molecular flexibility index (Phi) is 13.1. The van der Waals surface area contributed by atoms with Crippen LogP contribution in [0.25, 0.3) is 0 Å². The van der Waals surface area contributed by atoms with Crippen molar-refractivity contribution in [1.82, 2.24) is 0 Å². The van der Waals surface area contributed by atoms with E-state index in [-0.39, 0.29) is 25.0 Å². The van der Waals surface area contributed by atoms with Crippen LogP contribution < -0.4 is 4.74 Å². The average Bonchev–Trinajstić information content (AvgIpc) is 2.88. The molecule has 8 nitrogen and oxygen atoms in total. The molecule has 0 N–H and O–H groups in total. The van der Waals surface area contributed by atoms with Gasteiger partial charge in [-0.05, 0) is 73.4 Å². The molecule has 37 heavy (non-hydrogen) atoms. The van der Waals surface area contributed by atoms with Crippen molar-refractivity contribution in [3.05, 3.63) is 64.7 Å². The Morgan fingerprint density at radius 1 is 0.811 bits per heavy atom. The number of benzene rings is 2. The number of rotatable bonds is 17. The molecule has 9 heteroatoms. The molecule has 0 spiro atoms. The fourth-order valence-corrected chi connectivity index (χ4v) is 4.43. The van der Waals surface area contributed by atoms with E-state index in [9.17, 15) is 18.0 Å². The van der Waals surface area contributed by atoms with Crippen LogP contribution in [0.3, 0.4) is 0 Å². The van der Waals surface area contributed by atoms with Gasteiger partial charge in [0, 0.05) is 6.42 Å². The zero-order valence-corrected chi connectivity index (χ0v) is 22.8. The maximum absolute atomic E-state index is 11.8. The average molecular weight is 535 g/mol. The van der Waals surface area contributed by atoms with Gasteiger partial charge >= 0.3 is 11.9 Å². The van der Waals surface area contributed by atoms with Gasteiger partial charge in [-0.3, -0.25) is 8.98 Å². The van der Waals surface area contributed by atoms with Crippen LogP contribution >= 0.6 is 0 Å². The minimum Gasteiger partial charge on any atom is -0.493 e. The number of aryl methyl sites for hydroxylation is 2. The molecule has 0 heterocycles. The first-order valence-corrected chi connectivity index (χ1v) is 14.4. The van der Waals surface area contributed by atoms with Gasteiger partial charge < -0.3 is 14.2 Å². The predicted molar refractivity (Wildman–Crippen MR) is 141 cm³/mol. The van der Waals surface area contributed by atoms with Crippen LogP contribution in [0.5, 0.6) is 5.75 Å². The molecule has 204 valence electrons. The van der Waals surface area contributed by atoms with Crippen molar-refractivity contribution in [3.63, 3.8) is 0 Å². The Labute approximate surface area is 220 Å². The predicted octanol–water partition coefficient (Wildman–Crippen LogP) is 4.67. The fourth-order valence-electron chi connectivity index (χ4n) is 4.00. The lowest BCUT2D eigenvalue weighted by Crippen LogP contribution is -2.08. The molecule has 0 radical (unpaired) electrons. The topological polar surface area (TPSA) is 105 Å². The summed E-state index contributed by atoms with van der Waals surface area (Å²) in [5.41, 5.74) is 3.72. The van der Waals surface area contributed by atoms with Gasteiger partial charge in [-0.15, -0.1) is 0 Å². The van der Waals surface area contributed by atoms with Crippen molar-refractivity contribution >= 4 is 22.1 Å². The molecule has 0 fully saturated rings. The summed E-state index contributed by atoms with van der Waals surface area (Å²) in [6.07, 6.45) is 7.65. The molecule has 0 aliphatic heterocycles. The van der Waals surface area contributed by atoms with Crippen molar-refractivity contribution in [1.29, 1.82) is 0 Å². The third kappa shape index (κ3) is 11.8. The van der Waals surface area contributed by atoms with E-state index in [0.29, 0.717) is 25.0 Å². The second kappa shape index (κ2) is 16.0. The highest BCUT2D eigenvalue weighted by molar-refractivity contribution is 7.85. The van der Waals surface area contributed by atoms with Gasteiger partial charge in [0.2, 0.25) is 0 Å². The summed E-state index contributed by atoms with van der Waals surface area (Å²) in [5.74, 6) is 0.149. The third-order valence-corrected chi connectivity index (χ3v) is 6.48. The second-order valence-corrected chi connectivity index (χ2v) is 10.4. The summed E-state index contributed by atoms with van der Waals surface area (Å²) >= 11 is 0. The molecule has 0 saturated heterocycles. The minimum atomic E-state index is -3.39. The van der Waals surface area contributed by atoms with E-state index in [1.807, 2.05) is 30.3 Å². The Balaban J connectivity index is 1.93. The lowest BCUT2D eigenvalue weighted by atomic mass is 9.96. The molecular weight excluding hydrogens is 496 g/mol. The van der Waals surface area contributed by atoms with Gasteiger partial charge in [0.25, 0.3) is 10.1 Å². The van der Waals surface area contributed by atoms with Crippen molar-refractivity contribution in [2.75, 3.05) is 33.7 Å². The molecule has 0 aromatic heterocycles. The maximum Gasteiger partial charge on any atom is 0.337 e. The summed E-state index contributed by atoms with van der Waals surface area (Å²) in [6, 6.07) is 13.3. The molecule has 0 bridgehead atoms. The van der Waals surface area contributed by atoms with Crippen molar-refractivity contribution < 1.29 is 36.4 Å². The van der Waals surface area contributed by atoms with Crippen LogP contribution in [0, 0.1) is 0 Å². The van der Waals surface area contributed by atoms with Gasteiger partial charge in [0.15, 0.2) is 0 Å². The quantitative estimate of drug-likeness (QED) is 0.164. The summed E-state index contributed by atoms with van der Waals surface area (Å²) < 4.78 is 42.6. The number of unbranched alkanes of at least 4 members (excludes halogenated alkanes) is 3. The summed E-state index contributed by atoms with van der Waals surface area (Å²) in [5, 5.41) is 0. The van der Waals surface area contributed by atoms with E-state index < -0.39 is 10.1 Å². The van der Waals surface area contributed by atoms with Gasteiger partial charge in [-0.1, -0.05) is 37.1 Å². The minimum absolute atomic E-state index is 0.208. The monoisotopic (exact) mass is 534 g/mol. The number of carbonyl (C=O) groups excluding carboxylic acids is 2. The maximum atomic E-state index is 11.8. The van der Waals surface area contributed by atoms with Crippen molar-refractivity contribution in [2.24, 2.45) is 0 Å². The van der Waals surface area contributed by atoms with Crippen LogP contribution in [0.1, 0.15) is 65.6 Å². The van der Waals surface area contributed by atoms with Crippen LogP contribution in [-0.2, 0) is 47.8 Å². The van der Waals surface area contributed by atoms with Gasteiger partial charge in [-0.2, -0.15) is 8.42 Å². The zero-order chi connectivity index (χ0) is 27.1. The Hall–Kier alpha value is -2.91. The lowest BCUT2D eigenvalue weighted by Gasteiger charge is -2.16. The highest BCUT2D eigenvalue weighted by atomic mass is 32.2. The Bertz CT molecular complexity index is 1110. The first kappa shape index (κ1) is 30.3. The highest BCUT2D eigenvalue weighted by Gasteiger charge is 2.13. The van der Waals surface area contributed by atoms with Crippen LogP contribution in [0.15, 0.2) is 42.5 Å². The van der Waals surface area contributed by atoms with E-state index in [1.165, 1.54) is 14.2 Å². The molecule has 2 rings (SSSR count). The normalized spacial score (nSPS) is 11.2. The number of esters is 2. The molecule has 0 aliphatic rings. The van der Waals surface area contributed by atoms with Crippen molar-refractivity contribution in [2.45, 2.75) is 57.8 Å². The number of ether oxygens (including phenoxy) is 3.